The Hall–Kier alpha value is -1.52. The average Bonchev–Trinajstić information content (AvgIpc) is 2.71. The maximum atomic E-state index is 12.2. The van der Waals surface area contributed by atoms with Gasteiger partial charge in [-0.05, 0) is 26.2 Å². The molecule has 0 aromatic rings. The van der Waals surface area contributed by atoms with Crippen molar-refractivity contribution in [2.75, 3.05) is 19.6 Å². The standard InChI is InChI=1S/C16H26N2O3/c1-13-7-6-10-18(11-13)15(21)17-12-16(14(19)20)8-4-2-3-5-9-16/h7H,2-6,8-12H2,1H3,(H,17,21)(H,19,20). The zero-order valence-corrected chi connectivity index (χ0v) is 12.9. The number of hydrogen-bond donors (Lipinski definition) is 2. The molecule has 2 aliphatic rings. The van der Waals surface area contributed by atoms with Crippen molar-refractivity contribution in [2.24, 2.45) is 5.41 Å². The molecule has 0 atom stereocenters. The van der Waals surface area contributed by atoms with Crippen molar-refractivity contribution >= 4 is 12.0 Å². The third kappa shape index (κ3) is 3.99. The van der Waals surface area contributed by atoms with Crippen LogP contribution in [0.3, 0.4) is 0 Å². The van der Waals surface area contributed by atoms with Gasteiger partial charge in [-0.15, -0.1) is 0 Å². The third-order valence-corrected chi connectivity index (χ3v) is 4.71. The van der Waals surface area contributed by atoms with Gasteiger partial charge in [-0.2, -0.15) is 0 Å². The number of aliphatic carboxylic acids is 1. The second-order valence-corrected chi connectivity index (χ2v) is 6.42. The van der Waals surface area contributed by atoms with Crippen LogP contribution in [0.1, 0.15) is 51.9 Å². The fourth-order valence-corrected chi connectivity index (χ4v) is 3.31. The van der Waals surface area contributed by atoms with Crippen molar-refractivity contribution < 1.29 is 14.7 Å². The van der Waals surface area contributed by atoms with Crippen molar-refractivity contribution in [3.63, 3.8) is 0 Å². The molecule has 0 bridgehead atoms. The monoisotopic (exact) mass is 294 g/mol. The highest BCUT2D eigenvalue weighted by atomic mass is 16.4. The minimum Gasteiger partial charge on any atom is -0.481 e. The molecule has 0 unspecified atom stereocenters. The molecule has 5 heteroatoms. The molecule has 0 aromatic heterocycles. The van der Waals surface area contributed by atoms with Crippen LogP contribution in [0, 0.1) is 5.41 Å². The fraction of sp³-hybridized carbons (Fsp3) is 0.750. The lowest BCUT2D eigenvalue weighted by molar-refractivity contribution is -0.149. The van der Waals surface area contributed by atoms with Gasteiger partial charge >= 0.3 is 12.0 Å². The van der Waals surface area contributed by atoms with E-state index in [9.17, 15) is 14.7 Å². The molecule has 5 nitrogen and oxygen atoms in total. The van der Waals surface area contributed by atoms with Crippen LogP contribution in [0.15, 0.2) is 11.6 Å². The highest BCUT2D eigenvalue weighted by Gasteiger charge is 2.39. The van der Waals surface area contributed by atoms with Crippen LogP contribution in [0.25, 0.3) is 0 Å². The van der Waals surface area contributed by atoms with Crippen LogP contribution in [0.2, 0.25) is 0 Å². The minimum absolute atomic E-state index is 0.132. The van der Waals surface area contributed by atoms with Crippen LogP contribution in [0.5, 0.6) is 0 Å². The van der Waals surface area contributed by atoms with Gasteiger partial charge in [0.2, 0.25) is 0 Å². The molecule has 0 radical (unpaired) electrons. The number of nitrogens with one attached hydrogen (secondary N) is 1. The fourth-order valence-electron chi connectivity index (χ4n) is 3.31. The number of rotatable bonds is 3. The molecule has 1 heterocycles. The van der Waals surface area contributed by atoms with Gasteiger partial charge in [-0.1, -0.05) is 37.3 Å². The first-order valence-corrected chi connectivity index (χ1v) is 7.95. The number of amides is 2. The van der Waals surface area contributed by atoms with Crippen LogP contribution in [-0.4, -0.2) is 41.6 Å². The molecular weight excluding hydrogens is 268 g/mol. The van der Waals surface area contributed by atoms with E-state index in [-0.39, 0.29) is 12.6 Å². The molecule has 0 spiro atoms. The van der Waals surface area contributed by atoms with Crippen LogP contribution in [-0.2, 0) is 4.79 Å². The molecule has 0 saturated heterocycles. The maximum Gasteiger partial charge on any atom is 0.317 e. The number of carboxylic acids is 1. The summed E-state index contributed by atoms with van der Waals surface area (Å²) in [6, 6.07) is -0.132. The van der Waals surface area contributed by atoms with Crippen molar-refractivity contribution in [3.05, 3.63) is 11.6 Å². The second-order valence-electron chi connectivity index (χ2n) is 6.42. The summed E-state index contributed by atoms with van der Waals surface area (Å²) >= 11 is 0. The molecular formula is C16H26N2O3. The van der Waals surface area contributed by atoms with E-state index in [0.29, 0.717) is 25.9 Å². The molecule has 118 valence electrons. The summed E-state index contributed by atoms with van der Waals surface area (Å²) in [6.45, 7) is 3.62. The van der Waals surface area contributed by atoms with Gasteiger partial charge in [-0.3, -0.25) is 4.79 Å². The Labute approximate surface area is 126 Å². The number of carbonyl (C=O) groups excluding carboxylic acids is 1. The largest absolute Gasteiger partial charge is 0.481 e. The van der Waals surface area contributed by atoms with Gasteiger partial charge in [-0.25, -0.2) is 4.79 Å². The minimum atomic E-state index is -0.771. The quantitative estimate of drug-likeness (QED) is 0.621. The van der Waals surface area contributed by atoms with E-state index in [0.717, 1.165) is 32.1 Å². The van der Waals surface area contributed by atoms with E-state index in [4.69, 9.17) is 0 Å². The highest BCUT2D eigenvalue weighted by molar-refractivity contribution is 5.78. The van der Waals surface area contributed by atoms with Crippen LogP contribution >= 0.6 is 0 Å². The number of nitrogens with zero attached hydrogens (tertiary/aromatic N) is 1. The van der Waals surface area contributed by atoms with E-state index >= 15 is 0 Å². The molecule has 21 heavy (non-hydrogen) atoms. The first kappa shape index (κ1) is 15.9. The predicted octanol–water partition coefficient (Wildman–Crippen LogP) is 2.77. The Kier molecular flexibility index (Phi) is 5.26. The number of carboxylic acid groups (broad SMARTS) is 1. The van der Waals surface area contributed by atoms with E-state index < -0.39 is 11.4 Å². The first-order chi connectivity index (χ1) is 10.0. The van der Waals surface area contributed by atoms with E-state index in [1.165, 1.54) is 5.57 Å². The molecule has 0 aromatic carbocycles. The number of carbonyl (C=O) groups is 2. The van der Waals surface area contributed by atoms with E-state index in [1.54, 1.807) is 4.90 Å². The molecule has 1 aliphatic heterocycles. The van der Waals surface area contributed by atoms with Crippen molar-refractivity contribution in [1.29, 1.82) is 0 Å². The van der Waals surface area contributed by atoms with Gasteiger partial charge in [0.15, 0.2) is 0 Å². The number of urea groups is 1. The van der Waals surface area contributed by atoms with Gasteiger partial charge < -0.3 is 15.3 Å². The molecule has 2 amide bonds. The molecule has 2 rings (SSSR count). The van der Waals surface area contributed by atoms with Crippen molar-refractivity contribution in [2.45, 2.75) is 51.9 Å². The zero-order chi connectivity index (χ0) is 15.3. The van der Waals surface area contributed by atoms with Gasteiger partial charge in [0.1, 0.15) is 0 Å². The molecule has 1 fully saturated rings. The summed E-state index contributed by atoms with van der Waals surface area (Å²) < 4.78 is 0. The normalized spacial score (nSPS) is 22.1. The smallest absolute Gasteiger partial charge is 0.317 e. The molecule has 2 N–H and O–H groups in total. The summed E-state index contributed by atoms with van der Waals surface area (Å²) in [7, 11) is 0. The van der Waals surface area contributed by atoms with E-state index in [2.05, 4.69) is 11.4 Å². The predicted molar refractivity (Wildman–Crippen MR) is 81.1 cm³/mol. The topological polar surface area (TPSA) is 69.6 Å². The lowest BCUT2D eigenvalue weighted by Gasteiger charge is -2.31. The van der Waals surface area contributed by atoms with E-state index in [1.807, 2.05) is 6.92 Å². The third-order valence-electron chi connectivity index (χ3n) is 4.71. The Balaban J connectivity index is 1.93. The SMILES string of the molecule is CC1=CCCN(C(=O)NCC2(C(=O)O)CCCCCC2)C1. The lowest BCUT2D eigenvalue weighted by Crippen LogP contribution is -2.48. The summed E-state index contributed by atoms with van der Waals surface area (Å²) in [5, 5.41) is 12.5. The summed E-state index contributed by atoms with van der Waals surface area (Å²) in [6.07, 6.45) is 8.43. The van der Waals surface area contributed by atoms with Gasteiger partial charge in [0, 0.05) is 19.6 Å². The molecule has 1 aliphatic carbocycles. The number of hydrogen-bond acceptors (Lipinski definition) is 2. The zero-order valence-electron chi connectivity index (χ0n) is 12.9. The summed E-state index contributed by atoms with van der Waals surface area (Å²) in [5.41, 5.74) is 0.422. The van der Waals surface area contributed by atoms with Gasteiger partial charge in [0.05, 0.1) is 5.41 Å². The summed E-state index contributed by atoms with van der Waals surface area (Å²) in [4.78, 5) is 25.7. The van der Waals surface area contributed by atoms with Gasteiger partial charge in [0.25, 0.3) is 0 Å². The van der Waals surface area contributed by atoms with Crippen LogP contribution in [0.4, 0.5) is 4.79 Å². The van der Waals surface area contributed by atoms with Crippen LogP contribution < -0.4 is 5.32 Å². The maximum absolute atomic E-state index is 12.2. The Morgan fingerprint density at radius 1 is 1.29 bits per heavy atom. The Morgan fingerprint density at radius 3 is 2.52 bits per heavy atom. The first-order valence-electron chi connectivity index (χ1n) is 7.95. The second kappa shape index (κ2) is 6.96. The summed E-state index contributed by atoms with van der Waals surface area (Å²) in [5.74, 6) is -0.764. The average molecular weight is 294 g/mol. The van der Waals surface area contributed by atoms with Crippen molar-refractivity contribution in [3.8, 4) is 0 Å². The highest BCUT2D eigenvalue weighted by Crippen LogP contribution is 2.34. The lowest BCUT2D eigenvalue weighted by atomic mass is 9.80. The molecule has 1 saturated carbocycles. The Morgan fingerprint density at radius 2 is 1.95 bits per heavy atom. The Bertz CT molecular complexity index is 423. The van der Waals surface area contributed by atoms with Crippen molar-refractivity contribution in [1.82, 2.24) is 10.2 Å².